The number of aliphatic hydroxyl groups is 1. The van der Waals surface area contributed by atoms with Gasteiger partial charge in [-0.15, -0.1) is 0 Å². The maximum Gasteiger partial charge on any atom is 0.292 e. The van der Waals surface area contributed by atoms with E-state index in [0.29, 0.717) is 31.7 Å². The van der Waals surface area contributed by atoms with Crippen LogP contribution in [0, 0.1) is 6.92 Å². The van der Waals surface area contributed by atoms with E-state index < -0.39 is 5.60 Å². The smallest absolute Gasteiger partial charge is 0.292 e. The Morgan fingerprint density at radius 1 is 1.56 bits per heavy atom. The third-order valence-corrected chi connectivity index (χ3v) is 3.14. The summed E-state index contributed by atoms with van der Waals surface area (Å²) in [6, 6.07) is 1.59. The fourth-order valence-corrected chi connectivity index (χ4v) is 2.08. The van der Waals surface area contributed by atoms with E-state index in [4.69, 9.17) is 9.26 Å². The van der Waals surface area contributed by atoms with E-state index in [1.807, 2.05) is 0 Å². The van der Waals surface area contributed by atoms with E-state index in [-0.39, 0.29) is 18.2 Å². The summed E-state index contributed by atoms with van der Waals surface area (Å²) in [5.74, 6) is -0.0684. The van der Waals surface area contributed by atoms with E-state index in [0.717, 1.165) is 0 Å². The van der Waals surface area contributed by atoms with Crippen molar-refractivity contribution in [2.75, 3.05) is 26.8 Å². The molecule has 0 bridgehead atoms. The summed E-state index contributed by atoms with van der Waals surface area (Å²) >= 11 is 0. The fraction of sp³-hybridized carbons (Fsp3) is 0.667. The van der Waals surface area contributed by atoms with Crippen molar-refractivity contribution in [1.29, 1.82) is 0 Å². The highest BCUT2D eigenvalue weighted by Crippen LogP contribution is 2.22. The number of nitrogens with zero attached hydrogens (tertiary/aromatic N) is 2. The molecule has 0 unspecified atom stereocenters. The molecule has 0 spiro atoms. The molecule has 1 amide bonds. The maximum atomic E-state index is 12.0. The van der Waals surface area contributed by atoms with Gasteiger partial charge in [0, 0.05) is 45.7 Å². The first kappa shape index (κ1) is 13.0. The summed E-state index contributed by atoms with van der Waals surface area (Å²) in [6.07, 6.45) is 1.08. The lowest BCUT2D eigenvalue weighted by molar-refractivity contribution is -0.0736. The Balaban J connectivity index is 1.98. The standard InChI is InChI=1S/C12H18N2O4/c1-9-7-10(18-13-9)11(15)14(2)8-12(16)3-5-17-6-4-12/h7,16H,3-6,8H2,1-2H3. The molecule has 1 fully saturated rings. The lowest BCUT2D eigenvalue weighted by Crippen LogP contribution is -2.47. The Hall–Kier alpha value is -1.40. The number of amides is 1. The monoisotopic (exact) mass is 254 g/mol. The molecule has 0 aliphatic carbocycles. The lowest BCUT2D eigenvalue weighted by Gasteiger charge is -2.35. The molecule has 1 saturated heterocycles. The molecule has 6 heteroatoms. The highest BCUT2D eigenvalue weighted by Gasteiger charge is 2.33. The van der Waals surface area contributed by atoms with Crippen molar-refractivity contribution in [2.45, 2.75) is 25.4 Å². The van der Waals surface area contributed by atoms with Crippen LogP contribution in [0.15, 0.2) is 10.6 Å². The summed E-state index contributed by atoms with van der Waals surface area (Å²) in [4.78, 5) is 13.5. The second kappa shape index (κ2) is 5.07. The van der Waals surface area contributed by atoms with Gasteiger partial charge in [0.2, 0.25) is 5.76 Å². The van der Waals surface area contributed by atoms with Crippen LogP contribution in [0.4, 0.5) is 0 Å². The zero-order chi connectivity index (χ0) is 13.2. The Bertz CT molecular complexity index is 423. The Kier molecular flexibility index (Phi) is 3.68. The van der Waals surface area contributed by atoms with Gasteiger partial charge in [0.15, 0.2) is 0 Å². The minimum atomic E-state index is -0.863. The third-order valence-electron chi connectivity index (χ3n) is 3.14. The molecule has 100 valence electrons. The van der Waals surface area contributed by atoms with Gasteiger partial charge in [-0.3, -0.25) is 4.79 Å². The lowest BCUT2D eigenvalue weighted by atomic mass is 9.94. The van der Waals surface area contributed by atoms with Crippen LogP contribution >= 0.6 is 0 Å². The molecule has 18 heavy (non-hydrogen) atoms. The van der Waals surface area contributed by atoms with Gasteiger partial charge in [-0.1, -0.05) is 5.16 Å². The molecule has 1 aliphatic heterocycles. The van der Waals surface area contributed by atoms with Crippen molar-refractivity contribution in [2.24, 2.45) is 0 Å². The first-order valence-electron chi connectivity index (χ1n) is 5.99. The van der Waals surface area contributed by atoms with E-state index in [9.17, 15) is 9.90 Å². The van der Waals surface area contributed by atoms with Crippen LogP contribution in [-0.2, 0) is 4.74 Å². The van der Waals surface area contributed by atoms with E-state index in [2.05, 4.69) is 5.16 Å². The molecule has 1 aromatic rings. The van der Waals surface area contributed by atoms with Gasteiger partial charge in [-0.25, -0.2) is 0 Å². The number of likely N-dealkylation sites (N-methyl/N-ethyl adjacent to an activating group) is 1. The van der Waals surface area contributed by atoms with Crippen LogP contribution in [-0.4, -0.2) is 53.5 Å². The van der Waals surface area contributed by atoms with Crippen molar-refractivity contribution < 1.29 is 19.2 Å². The predicted molar refractivity (Wildman–Crippen MR) is 63.2 cm³/mol. The summed E-state index contributed by atoms with van der Waals surface area (Å²) in [5, 5.41) is 14.0. The van der Waals surface area contributed by atoms with Gasteiger partial charge in [-0.2, -0.15) is 0 Å². The van der Waals surface area contributed by atoms with Crippen molar-refractivity contribution in [3.63, 3.8) is 0 Å². The molecule has 0 radical (unpaired) electrons. The number of ether oxygens (including phenoxy) is 1. The second-order valence-electron chi connectivity index (χ2n) is 4.83. The van der Waals surface area contributed by atoms with Crippen LogP contribution in [0.3, 0.4) is 0 Å². The van der Waals surface area contributed by atoms with Gasteiger partial charge in [-0.05, 0) is 6.92 Å². The number of aromatic nitrogens is 1. The minimum Gasteiger partial charge on any atom is -0.388 e. The van der Waals surface area contributed by atoms with Crippen LogP contribution in [0.2, 0.25) is 0 Å². The molecular weight excluding hydrogens is 236 g/mol. The molecule has 2 heterocycles. The van der Waals surface area contributed by atoms with E-state index in [1.165, 1.54) is 4.90 Å². The van der Waals surface area contributed by atoms with Gasteiger partial charge in [0.25, 0.3) is 5.91 Å². The number of carbonyl (C=O) groups is 1. The topological polar surface area (TPSA) is 75.8 Å². The minimum absolute atomic E-state index is 0.200. The summed E-state index contributed by atoms with van der Waals surface area (Å²) in [6.45, 7) is 3.08. The van der Waals surface area contributed by atoms with Crippen LogP contribution in [0.25, 0.3) is 0 Å². The van der Waals surface area contributed by atoms with Gasteiger partial charge < -0.3 is 19.3 Å². The molecule has 1 N–H and O–H groups in total. The molecule has 1 aromatic heterocycles. The molecule has 6 nitrogen and oxygen atoms in total. The van der Waals surface area contributed by atoms with Crippen LogP contribution < -0.4 is 0 Å². The number of hydrogen-bond donors (Lipinski definition) is 1. The Morgan fingerprint density at radius 2 is 2.22 bits per heavy atom. The predicted octanol–water partition coefficient (Wildman–Crippen LogP) is 0.597. The molecule has 0 atom stereocenters. The quantitative estimate of drug-likeness (QED) is 0.854. The molecule has 0 aromatic carbocycles. The van der Waals surface area contributed by atoms with Crippen LogP contribution in [0.5, 0.6) is 0 Å². The molecule has 0 saturated carbocycles. The number of carbonyl (C=O) groups excluding carboxylic acids is 1. The molecule has 1 aliphatic rings. The first-order chi connectivity index (χ1) is 8.50. The highest BCUT2D eigenvalue weighted by atomic mass is 16.5. The number of rotatable bonds is 3. The average Bonchev–Trinajstić information content (AvgIpc) is 2.75. The average molecular weight is 254 g/mol. The van der Waals surface area contributed by atoms with Crippen molar-refractivity contribution in [3.8, 4) is 0 Å². The number of hydrogen-bond acceptors (Lipinski definition) is 5. The van der Waals surface area contributed by atoms with Crippen LogP contribution in [0.1, 0.15) is 29.1 Å². The SMILES string of the molecule is Cc1cc(C(=O)N(C)CC2(O)CCOCC2)on1. The zero-order valence-corrected chi connectivity index (χ0v) is 10.7. The zero-order valence-electron chi connectivity index (χ0n) is 10.7. The Labute approximate surface area is 106 Å². The second-order valence-corrected chi connectivity index (χ2v) is 4.83. The van der Waals surface area contributed by atoms with E-state index in [1.54, 1.807) is 20.0 Å². The van der Waals surface area contributed by atoms with Crippen molar-refractivity contribution in [1.82, 2.24) is 10.1 Å². The molecular formula is C12H18N2O4. The summed E-state index contributed by atoms with van der Waals surface area (Å²) < 4.78 is 10.1. The van der Waals surface area contributed by atoms with Crippen molar-refractivity contribution in [3.05, 3.63) is 17.5 Å². The highest BCUT2D eigenvalue weighted by molar-refractivity contribution is 5.91. The first-order valence-corrected chi connectivity index (χ1v) is 5.99. The largest absolute Gasteiger partial charge is 0.388 e. The van der Waals surface area contributed by atoms with Gasteiger partial charge in [0.1, 0.15) is 0 Å². The summed E-state index contributed by atoms with van der Waals surface area (Å²) in [7, 11) is 1.65. The van der Waals surface area contributed by atoms with E-state index >= 15 is 0 Å². The summed E-state index contributed by atoms with van der Waals surface area (Å²) in [5.41, 5.74) is -0.200. The molecule has 2 rings (SSSR count). The normalized spacial score (nSPS) is 18.6. The number of aryl methyl sites for hydroxylation is 1. The third kappa shape index (κ3) is 2.88. The Morgan fingerprint density at radius 3 is 2.78 bits per heavy atom. The van der Waals surface area contributed by atoms with Gasteiger partial charge >= 0.3 is 0 Å². The fourth-order valence-electron chi connectivity index (χ4n) is 2.08. The maximum absolute atomic E-state index is 12.0. The van der Waals surface area contributed by atoms with Crippen molar-refractivity contribution >= 4 is 5.91 Å². The van der Waals surface area contributed by atoms with Gasteiger partial charge in [0.05, 0.1) is 11.3 Å².